The second kappa shape index (κ2) is 5.88. The zero-order chi connectivity index (χ0) is 16.4. The Bertz CT molecular complexity index is 824. The summed E-state index contributed by atoms with van der Waals surface area (Å²) in [6.07, 6.45) is 3.25. The summed E-state index contributed by atoms with van der Waals surface area (Å²) in [5.41, 5.74) is 0.950. The van der Waals surface area contributed by atoms with Crippen LogP contribution in [0.15, 0.2) is 48.8 Å². The molecule has 1 aliphatic rings. The lowest BCUT2D eigenvalue weighted by molar-refractivity contribution is -0.122. The molecular formula is C15H15N3O4S. The number of pyridine rings is 1. The van der Waals surface area contributed by atoms with Crippen molar-refractivity contribution in [3.05, 3.63) is 48.8 Å². The number of hydrogen-bond acceptors (Lipinski definition) is 5. The molecule has 1 atom stereocenters. The van der Waals surface area contributed by atoms with E-state index in [1.807, 2.05) is 0 Å². The molecule has 1 unspecified atom stereocenters. The molecule has 1 aromatic carbocycles. The quantitative estimate of drug-likeness (QED) is 0.913. The normalized spacial score (nSPS) is 17.1. The van der Waals surface area contributed by atoms with Gasteiger partial charge in [-0.2, -0.15) is 0 Å². The Hall–Kier alpha value is -2.61. The first-order valence-electron chi connectivity index (χ1n) is 6.89. The zero-order valence-electron chi connectivity index (χ0n) is 12.3. The standard InChI is InChI=1S/C15H15N3O4S/c1-23(20,21)18-10-14(22-13-7-3-2-6-12(13)18)15(19)17-11-5-4-8-16-9-11/h2-9,14H,10H2,1H3,(H,17,19). The molecule has 2 heterocycles. The molecule has 0 fully saturated rings. The molecule has 1 amide bonds. The van der Waals surface area contributed by atoms with Crippen molar-refractivity contribution < 1.29 is 17.9 Å². The van der Waals surface area contributed by atoms with Crippen LogP contribution in [0.3, 0.4) is 0 Å². The van der Waals surface area contributed by atoms with Gasteiger partial charge in [-0.1, -0.05) is 12.1 Å². The summed E-state index contributed by atoms with van der Waals surface area (Å²) >= 11 is 0. The number of amides is 1. The molecule has 0 saturated heterocycles. The third-order valence-electron chi connectivity index (χ3n) is 3.36. The van der Waals surface area contributed by atoms with Gasteiger partial charge in [-0.15, -0.1) is 0 Å². The number of anilines is 2. The number of para-hydroxylation sites is 2. The lowest BCUT2D eigenvalue weighted by Gasteiger charge is -2.33. The van der Waals surface area contributed by atoms with Gasteiger partial charge in [-0.3, -0.25) is 14.1 Å². The molecule has 1 aliphatic heterocycles. The van der Waals surface area contributed by atoms with Crippen molar-refractivity contribution in [3.8, 4) is 5.75 Å². The first kappa shape index (κ1) is 15.3. The molecule has 23 heavy (non-hydrogen) atoms. The molecule has 2 aromatic rings. The van der Waals surface area contributed by atoms with E-state index in [9.17, 15) is 13.2 Å². The second-order valence-electron chi connectivity index (χ2n) is 5.10. The Balaban J connectivity index is 1.87. The monoisotopic (exact) mass is 333 g/mol. The highest BCUT2D eigenvalue weighted by Crippen LogP contribution is 2.34. The summed E-state index contributed by atoms with van der Waals surface area (Å²) in [4.78, 5) is 16.3. The number of carbonyl (C=O) groups is 1. The molecule has 8 heteroatoms. The fourth-order valence-electron chi connectivity index (χ4n) is 2.31. The number of sulfonamides is 1. The number of nitrogens with zero attached hydrogens (tertiary/aromatic N) is 2. The van der Waals surface area contributed by atoms with Gasteiger partial charge < -0.3 is 10.1 Å². The Kier molecular flexibility index (Phi) is 3.91. The van der Waals surface area contributed by atoms with Crippen molar-refractivity contribution in [3.63, 3.8) is 0 Å². The topological polar surface area (TPSA) is 88.6 Å². The predicted octanol–water partition coefficient (Wildman–Crippen LogP) is 1.25. The minimum Gasteiger partial charge on any atom is -0.476 e. The van der Waals surface area contributed by atoms with Gasteiger partial charge in [-0.05, 0) is 24.3 Å². The van der Waals surface area contributed by atoms with E-state index in [-0.39, 0.29) is 6.54 Å². The molecule has 3 rings (SSSR count). The maximum Gasteiger partial charge on any atom is 0.267 e. The zero-order valence-corrected chi connectivity index (χ0v) is 13.2. The van der Waals surface area contributed by atoms with E-state index < -0.39 is 22.0 Å². The van der Waals surface area contributed by atoms with Crippen molar-refractivity contribution in [2.45, 2.75) is 6.10 Å². The fourth-order valence-corrected chi connectivity index (χ4v) is 3.23. The Morgan fingerprint density at radius 1 is 1.30 bits per heavy atom. The number of aromatic nitrogens is 1. The Morgan fingerprint density at radius 3 is 2.78 bits per heavy atom. The van der Waals surface area contributed by atoms with Crippen LogP contribution in [0, 0.1) is 0 Å². The maximum atomic E-state index is 12.4. The molecule has 0 bridgehead atoms. The average molecular weight is 333 g/mol. The Morgan fingerprint density at radius 2 is 2.09 bits per heavy atom. The van der Waals surface area contributed by atoms with Crippen molar-refractivity contribution in [2.24, 2.45) is 0 Å². The third kappa shape index (κ3) is 3.26. The third-order valence-corrected chi connectivity index (χ3v) is 4.50. The summed E-state index contributed by atoms with van der Waals surface area (Å²) in [7, 11) is -3.52. The second-order valence-corrected chi connectivity index (χ2v) is 7.01. The molecule has 7 nitrogen and oxygen atoms in total. The highest BCUT2D eigenvalue weighted by molar-refractivity contribution is 7.92. The van der Waals surface area contributed by atoms with Crippen molar-refractivity contribution in [1.29, 1.82) is 0 Å². The molecule has 1 aromatic heterocycles. The molecule has 0 spiro atoms. The predicted molar refractivity (Wildman–Crippen MR) is 85.9 cm³/mol. The van der Waals surface area contributed by atoms with Gasteiger partial charge in [0, 0.05) is 6.20 Å². The van der Waals surface area contributed by atoms with Crippen LogP contribution in [-0.2, 0) is 14.8 Å². The lowest BCUT2D eigenvalue weighted by atomic mass is 10.2. The first-order valence-corrected chi connectivity index (χ1v) is 8.74. The SMILES string of the molecule is CS(=O)(=O)N1CC(C(=O)Nc2cccnc2)Oc2ccccc21. The summed E-state index contributed by atoms with van der Waals surface area (Å²) in [6.45, 7) is -0.0814. The van der Waals surface area contributed by atoms with Crippen LogP contribution in [0.5, 0.6) is 5.75 Å². The summed E-state index contributed by atoms with van der Waals surface area (Å²) in [6, 6.07) is 10.1. The van der Waals surface area contributed by atoms with Gasteiger partial charge in [-0.25, -0.2) is 8.42 Å². The van der Waals surface area contributed by atoms with Crippen LogP contribution in [-0.4, -0.2) is 38.2 Å². The van der Waals surface area contributed by atoms with Crippen LogP contribution >= 0.6 is 0 Å². The maximum absolute atomic E-state index is 12.4. The molecule has 0 radical (unpaired) electrons. The van der Waals surface area contributed by atoms with Crippen molar-refractivity contribution in [2.75, 3.05) is 22.4 Å². The van der Waals surface area contributed by atoms with Gasteiger partial charge >= 0.3 is 0 Å². The summed E-state index contributed by atoms with van der Waals surface area (Å²) in [5, 5.41) is 2.67. The number of benzene rings is 1. The van der Waals surface area contributed by atoms with E-state index in [2.05, 4.69) is 10.3 Å². The van der Waals surface area contributed by atoms with Crippen LogP contribution in [0.2, 0.25) is 0 Å². The molecule has 0 saturated carbocycles. The summed E-state index contributed by atoms with van der Waals surface area (Å²) < 4.78 is 30.8. The smallest absolute Gasteiger partial charge is 0.267 e. The highest BCUT2D eigenvalue weighted by Gasteiger charge is 2.34. The van der Waals surface area contributed by atoms with Gasteiger partial charge in [0.05, 0.1) is 30.4 Å². The van der Waals surface area contributed by atoms with E-state index in [4.69, 9.17) is 4.74 Å². The molecular weight excluding hydrogens is 318 g/mol. The number of hydrogen-bond donors (Lipinski definition) is 1. The first-order chi connectivity index (χ1) is 10.9. The minimum absolute atomic E-state index is 0.0814. The Labute approximate surface area is 134 Å². The van der Waals surface area contributed by atoms with Gasteiger partial charge in [0.25, 0.3) is 5.91 Å². The van der Waals surface area contributed by atoms with Crippen LogP contribution in [0.25, 0.3) is 0 Å². The number of nitrogens with one attached hydrogen (secondary N) is 1. The van der Waals surface area contributed by atoms with Gasteiger partial charge in [0.1, 0.15) is 5.75 Å². The van der Waals surface area contributed by atoms with Gasteiger partial charge in [0.15, 0.2) is 6.10 Å². The van der Waals surface area contributed by atoms with Crippen molar-refractivity contribution in [1.82, 2.24) is 4.98 Å². The van der Waals surface area contributed by atoms with Gasteiger partial charge in [0.2, 0.25) is 10.0 Å². The molecule has 0 aliphatic carbocycles. The van der Waals surface area contributed by atoms with E-state index in [1.165, 1.54) is 10.5 Å². The number of carbonyl (C=O) groups excluding carboxylic acids is 1. The van der Waals surface area contributed by atoms with Crippen LogP contribution < -0.4 is 14.4 Å². The van der Waals surface area contributed by atoms with E-state index in [1.54, 1.807) is 42.6 Å². The fraction of sp³-hybridized carbons (Fsp3) is 0.200. The lowest BCUT2D eigenvalue weighted by Crippen LogP contribution is -2.48. The van der Waals surface area contributed by atoms with E-state index >= 15 is 0 Å². The number of ether oxygens (including phenoxy) is 1. The van der Waals surface area contributed by atoms with Crippen LogP contribution in [0.1, 0.15) is 0 Å². The van der Waals surface area contributed by atoms with Crippen LogP contribution in [0.4, 0.5) is 11.4 Å². The summed E-state index contributed by atoms with van der Waals surface area (Å²) in [5.74, 6) is -0.0725. The van der Waals surface area contributed by atoms with E-state index in [0.717, 1.165) is 6.26 Å². The van der Waals surface area contributed by atoms with E-state index in [0.29, 0.717) is 17.1 Å². The molecule has 1 N–H and O–H groups in total. The minimum atomic E-state index is -3.52. The number of rotatable bonds is 3. The van der Waals surface area contributed by atoms with Crippen molar-refractivity contribution >= 4 is 27.3 Å². The highest BCUT2D eigenvalue weighted by atomic mass is 32.2. The average Bonchev–Trinajstić information content (AvgIpc) is 2.54. The molecule has 120 valence electrons. The number of fused-ring (bicyclic) bond motifs is 1. The largest absolute Gasteiger partial charge is 0.476 e.